The number of aromatic hydroxyl groups is 2. The van der Waals surface area contributed by atoms with E-state index in [1.165, 1.54) is 18.2 Å². The Morgan fingerprint density at radius 2 is 1.82 bits per heavy atom. The van der Waals surface area contributed by atoms with Crippen LogP contribution in [0.1, 0.15) is 34.0 Å². The van der Waals surface area contributed by atoms with Crippen LogP contribution in [0.25, 0.3) is 0 Å². The van der Waals surface area contributed by atoms with Crippen molar-refractivity contribution in [3.63, 3.8) is 0 Å². The Morgan fingerprint density at radius 3 is 2.55 bits per heavy atom. The highest BCUT2D eigenvalue weighted by atomic mass is 16.5. The van der Waals surface area contributed by atoms with E-state index in [4.69, 9.17) is 9.47 Å². The van der Waals surface area contributed by atoms with E-state index in [0.717, 1.165) is 11.1 Å². The largest absolute Gasteiger partial charge is 0.508 e. The highest BCUT2D eigenvalue weighted by molar-refractivity contribution is 6.02. The number of fused-ring (bicyclic) bond motifs is 1. The molecule has 3 aromatic carbocycles. The lowest BCUT2D eigenvalue weighted by Gasteiger charge is -2.27. The molecular formula is C26H27NO6. The maximum absolute atomic E-state index is 12.6. The lowest BCUT2D eigenvalue weighted by atomic mass is 9.95. The number of phenolic OH excluding ortho intramolecular Hbond substituents is 2. The van der Waals surface area contributed by atoms with E-state index in [1.54, 1.807) is 18.2 Å². The molecule has 0 saturated carbocycles. The molecule has 2 unspecified atom stereocenters. The molecule has 1 heterocycles. The Hall–Kier alpha value is -3.55. The molecule has 1 aliphatic heterocycles. The molecule has 0 bridgehead atoms. The lowest BCUT2D eigenvalue weighted by Crippen LogP contribution is -2.32. The number of likely N-dealkylation sites (N-methyl/N-ethyl adjacent to an activating group) is 1. The number of carbonyl (C=O) groups is 1. The molecule has 0 aliphatic carbocycles. The highest BCUT2D eigenvalue weighted by Gasteiger charge is 2.31. The van der Waals surface area contributed by atoms with Gasteiger partial charge in [-0.05, 0) is 30.3 Å². The van der Waals surface area contributed by atoms with Crippen LogP contribution in [-0.2, 0) is 6.54 Å². The SMILES string of the molecule is CN(Cc1ccccc1)CC(O)COc1cc(O)c2c(c1)OC(c1ccc(O)cc1)CC2=O. The first-order valence-corrected chi connectivity index (χ1v) is 10.8. The van der Waals surface area contributed by atoms with E-state index in [0.29, 0.717) is 18.8 Å². The first-order chi connectivity index (χ1) is 15.9. The molecule has 3 aromatic rings. The lowest BCUT2D eigenvalue weighted by molar-refractivity contribution is 0.0733. The normalized spacial score (nSPS) is 16.2. The van der Waals surface area contributed by atoms with Gasteiger partial charge in [-0.15, -0.1) is 0 Å². The molecular weight excluding hydrogens is 422 g/mol. The Balaban J connectivity index is 1.39. The Kier molecular flexibility index (Phi) is 6.82. The van der Waals surface area contributed by atoms with Crippen molar-refractivity contribution in [2.75, 3.05) is 20.2 Å². The highest BCUT2D eigenvalue weighted by Crippen LogP contribution is 2.42. The summed E-state index contributed by atoms with van der Waals surface area (Å²) in [6, 6.07) is 19.4. The number of carbonyl (C=O) groups excluding carboxylic acids is 1. The molecule has 4 rings (SSSR count). The third-order valence-corrected chi connectivity index (χ3v) is 5.50. The summed E-state index contributed by atoms with van der Waals surface area (Å²) in [6.45, 7) is 1.13. The molecule has 0 fully saturated rings. The Labute approximate surface area is 192 Å². The number of rotatable bonds is 8. The molecule has 3 N–H and O–H groups in total. The van der Waals surface area contributed by atoms with Gasteiger partial charge in [0.1, 0.15) is 47.4 Å². The van der Waals surface area contributed by atoms with Crippen LogP contribution in [0, 0.1) is 0 Å². The number of nitrogens with zero attached hydrogens (tertiary/aromatic N) is 1. The summed E-state index contributed by atoms with van der Waals surface area (Å²) in [7, 11) is 1.92. The molecule has 33 heavy (non-hydrogen) atoms. The van der Waals surface area contributed by atoms with Gasteiger partial charge in [0.05, 0.1) is 6.42 Å². The maximum Gasteiger partial charge on any atom is 0.174 e. The minimum atomic E-state index is -0.746. The van der Waals surface area contributed by atoms with Gasteiger partial charge < -0.3 is 24.8 Å². The number of aliphatic hydroxyl groups excluding tert-OH is 1. The summed E-state index contributed by atoms with van der Waals surface area (Å²) in [6.07, 6.45) is -1.19. The molecule has 0 spiro atoms. The van der Waals surface area contributed by atoms with Gasteiger partial charge in [-0.25, -0.2) is 0 Å². The number of aliphatic hydroxyl groups is 1. The van der Waals surface area contributed by atoms with Crippen LogP contribution in [0.3, 0.4) is 0 Å². The third-order valence-electron chi connectivity index (χ3n) is 5.50. The van der Waals surface area contributed by atoms with Crippen molar-refractivity contribution < 1.29 is 29.6 Å². The van der Waals surface area contributed by atoms with Gasteiger partial charge >= 0.3 is 0 Å². The number of phenols is 2. The van der Waals surface area contributed by atoms with Gasteiger partial charge in [0.15, 0.2) is 5.78 Å². The first-order valence-electron chi connectivity index (χ1n) is 10.8. The fourth-order valence-corrected chi connectivity index (χ4v) is 3.94. The molecule has 7 heteroatoms. The Bertz CT molecular complexity index is 1100. The second-order valence-electron chi connectivity index (χ2n) is 8.29. The summed E-state index contributed by atoms with van der Waals surface area (Å²) in [5.74, 6) is 0.209. The fourth-order valence-electron chi connectivity index (χ4n) is 3.94. The van der Waals surface area contributed by atoms with Crippen LogP contribution in [0.15, 0.2) is 66.7 Å². The van der Waals surface area contributed by atoms with E-state index in [1.807, 2.05) is 42.3 Å². The number of hydrogen-bond acceptors (Lipinski definition) is 7. The fraction of sp³-hybridized carbons (Fsp3) is 0.269. The van der Waals surface area contributed by atoms with Crippen molar-refractivity contribution in [2.45, 2.75) is 25.2 Å². The second-order valence-corrected chi connectivity index (χ2v) is 8.29. The summed E-state index contributed by atoms with van der Waals surface area (Å²) in [5, 5.41) is 30.3. The van der Waals surface area contributed by atoms with Crippen LogP contribution in [-0.4, -0.2) is 52.3 Å². The zero-order valence-electron chi connectivity index (χ0n) is 18.3. The van der Waals surface area contributed by atoms with Crippen molar-refractivity contribution >= 4 is 5.78 Å². The molecule has 172 valence electrons. The van der Waals surface area contributed by atoms with Gasteiger partial charge in [-0.3, -0.25) is 9.69 Å². The van der Waals surface area contributed by atoms with Crippen molar-refractivity contribution in [2.24, 2.45) is 0 Å². The van der Waals surface area contributed by atoms with Crippen molar-refractivity contribution in [3.8, 4) is 23.0 Å². The molecule has 0 saturated heterocycles. The predicted octanol–water partition coefficient (Wildman–Crippen LogP) is 3.68. The van der Waals surface area contributed by atoms with Gasteiger partial charge in [0.25, 0.3) is 0 Å². The number of ketones is 1. The molecule has 0 radical (unpaired) electrons. The van der Waals surface area contributed by atoms with Crippen LogP contribution in [0.4, 0.5) is 0 Å². The van der Waals surface area contributed by atoms with Gasteiger partial charge in [0.2, 0.25) is 0 Å². The van der Waals surface area contributed by atoms with Crippen LogP contribution < -0.4 is 9.47 Å². The zero-order valence-corrected chi connectivity index (χ0v) is 18.3. The summed E-state index contributed by atoms with van der Waals surface area (Å²) >= 11 is 0. The quantitative estimate of drug-likeness (QED) is 0.482. The van der Waals surface area contributed by atoms with E-state index in [2.05, 4.69) is 0 Å². The standard InChI is InChI=1S/C26H27NO6/c1-27(14-17-5-3-2-4-6-17)15-20(29)16-32-21-11-22(30)26-23(31)13-24(33-25(26)12-21)18-7-9-19(28)10-8-18/h2-12,20,24,28-30H,13-16H2,1H3. The summed E-state index contributed by atoms with van der Waals surface area (Å²) in [4.78, 5) is 14.6. The zero-order chi connectivity index (χ0) is 23.4. The third kappa shape index (κ3) is 5.63. The Morgan fingerprint density at radius 1 is 1.09 bits per heavy atom. The van der Waals surface area contributed by atoms with Gasteiger partial charge in [-0.2, -0.15) is 0 Å². The molecule has 1 aliphatic rings. The first kappa shape index (κ1) is 22.6. The van der Waals surface area contributed by atoms with Gasteiger partial charge in [0, 0.05) is 25.2 Å². The monoisotopic (exact) mass is 449 g/mol. The summed E-state index contributed by atoms with van der Waals surface area (Å²) < 4.78 is 11.7. The number of ether oxygens (including phenoxy) is 2. The minimum absolute atomic E-state index is 0.0205. The maximum atomic E-state index is 12.6. The second kappa shape index (κ2) is 9.94. The van der Waals surface area contributed by atoms with Gasteiger partial charge in [-0.1, -0.05) is 42.5 Å². The number of hydrogen-bond donors (Lipinski definition) is 3. The average molecular weight is 450 g/mol. The van der Waals surface area contributed by atoms with Crippen LogP contribution in [0.2, 0.25) is 0 Å². The summed E-state index contributed by atoms with van der Waals surface area (Å²) in [5.41, 5.74) is 2.02. The minimum Gasteiger partial charge on any atom is -0.508 e. The number of benzene rings is 3. The molecule has 0 amide bonds. The van der Waals surface area contributed by atoms with Crippen LogP contribution >= 0.6 is 0 Å². The van der Waals surface area contributed by atoms with Crippen molar-refractivity contribution in [1.82, 2.24) is 4.90 Å². The van der Waals surface area contributed by atoms with Crippen molar-refractivity contribution in [1.29, 1.82) is 0 Å². The predicted molar refractivity (Wildman–Crippen MR) is 123 cm³/mol. The van der Waals surface area contributed by atoms with Crippen LogP contribution in [0.5, 0.6) is 23.0 Å². The topological polar surface area (TPSA) is 99.5 Å². The average Bonchev–Trinajstić information content (AvgIpc) is 2.78. The molecule has 7 nitrogen and oxygen atoms in total. The van der Waals surface area contributed by atoms with E-state index in [9.17, 15) is 20.1 Å². The molecule has 2 atom stereocenters. The number of Topliss-reactive ketones (excluding diaryl/α,β-unsaturated/α-hetero) is 1. The smallest absolute Gasteiger partial charge is 0.174 e. The molecule has 0 aromatic heterocycles. The van der Waals surface area contributed by atoms with E-state index < -0.39 is 12.2 Å². The van der Waals surface area contributed by atoms with E-state index in [-0.39, 0.29) is 41.6 Å². The van der Waals surface area contributed by atoms with E-state index >= 15 is 0 Å². The van der Waals surface area contributed by atoms with Crippen molar-refractivity contribution in [3.05, 3.63) is 83.4 Å².